The normalized spacial score (nSPS) is 9.73. The minimum atomic E-state index is -0.399. The summed E-state index contributed by atoms with van der Waals surface area (Å²) in [5, 5.41) is 16.8. The molecule has 3 N–H and O–H groups in total. The first-order valence-electron chi connectivity index (χ1n) is 4.32. The van der Waals surface area contributed by atoms with Crippen LogP contribution in [0.5, 0.6) is 0 Å². The number of aromatic amines is 1. The minimum absolute atomic E-state index is 0.108. The quantitative estimate of drug-likeness (QED) is 0.612. The highest BCUT2D eigenvalue weighted by atomic mass is 16.3. The van der Waals surface area contributed by atoms with Crippen molar-refractivity contribution in [1.29, 1.82) is 0 Å². The van der Waals surface area contributed by atoms with E-state index in [2.05, 4.69) is 15.5 Å². The summed E-state index contributed by atoms with van der Waals surface area (Å²) >= 11 is 0. The maximum atomic E-state index is 11.4. The Morgan fingerprint density at radius 2 is 2.40 bits per heavy atom. The van der Waals surface area contributed by atoms with Crippen LogP contribution in [0.3, 0.4) is 0 Å². The van der Waals surface area contributed by atoms with Crippen molar-refractivity contribution >= 4 is 11.8 Å². The topological polar surface area (TPSA) is 98.3 Å². The number of hydrogen-bond donors (Lipinski definition) is 3. The van der Waals surface area contributed by atoms with Crippen molar-refractivity contribution in [2.75, 3.05) is 25.5 Å². The molecule has 0 saturated carbocycles. The first-order chi connectivity index (χ1) is 7.13. The van der Waals surface area contributed by atoms with E-state index in [1.165, 1.54) is 24.1 Å². The smallest absolute Gasteiger partial charge is 0.322 e. The molecule has 2 amide bonds. The first-order valence-corrected chi connectivity index (χ1v) is 4.32. The lowest BCUT2D eigenvalue weighted by molar-refractivity contribution is 0.202. The molecule has 0 atom stereocenters. The Balaban J connectivity index is 2.58. The number of aromatic nitrogens is 2. The summed E-state index contributed by atoms with van der Waals surface area (Å²) in [7, 11) is 1.54. The SMILES string of the molecule is CN(CCO)C(=O)Nc1ccc(=O)[nH]n1. The van der Waals surface area contributed by atoms with Gasteiger partial charge in [0.25, 0.3) is 5.56 Å². The number of aliphatic hydroxyl groups excluding tert-OH is 1. The van der Waals surface area contributed by atoms with E-state index in [-0.39, 0.29) is 24.5 Å². The van der Waals surface area contributed by atoms with Crippen LogP contribution in [-0.2, 0) is 0 Å². The van der Waals surface area contributed by atoms with Crippen LogP contribution in [0, 0.1) is 0 Å². The van der Waals surface area contributed by atoms with Gasteiger partial charge in [0.1, 0.15) is 0 Å². The van der Waals surface area contributed by atoms with Gasteiger partial charge in [0, 0.05) is 19.7 Å². The van der Waals surface area contributed by atoms with Crippen LogP contribution in [0.2, 0.25) is 0 Å². The number of anilines is 1. The van der Waals surface area contributed by atoms with Gasteiger partial charge in [-0.25, -0.2) is 9.89 Å². The predicted octanol–water partition coefficient (Wildman–Crippen LogP) is -0.774. The van der Waals surface area contributed by atoms with E-state index in [1.807, 2.05) is 0 Å². The summed E-state index contributed by atoms with van der Waals surface area (Å²) in [6.45, 7) is 0.123. The number of hydrogen-bond acceptors (Lipinski definition) is 4. The molecule has 82 valence electrons. The van der Waals surface area contributed by atoms with Gasteiger partial charge in [0.15, 0.2) is 5.82 Å². The Kier molecular flexibility index (Phi) is 3.81. The molecule has 1 rings (SSSR count). The third kappa shape index (κ3) is 3.39. The molecule has 7 heteroatoms. The maximum absolute atomic E-state index is 11.4. The zero-order valence-electron chi connectivity index (χ0n) is 8.23. The molecule has 0 bridgehead atoms. The Hall–Kier alpha value is -1.89. The average molecular weight is 212 g/mol. The van der Waals surface area contributed by atoms with Crippen molar-refractivity contribution in [2.45, 2.75) is 0 Å². The minimum Gasteiger partial charge on any atom is -0.395 e. The van der Waals surface area contributed by atoms with E-state index in [9.17, 15) is 9.59 Å². The molecular weight excluding hydrogens is 200 g/mol. The van der Waals surface area contributed by atoms with Crippen molar-refractivity contribution in [3.63, 3.8) is 0 Å². The number of carbonyl (C=O) groups is 1. The largest absolute Gasteiger partial charge is 0.395 e. The third-order valence-electron chi connectivity index (χ3n) is 1.70. The van der Waals surface area contributed by atoms with Crippen molar-refractivity contribution in [1.82, 2.24) is 15.1 Å². The van der Waals surface area contributed by atoms with Gasteiger partial charge in [-0.1, -0.05) is 0 Å². The number of rotatable bonds is 3. The van der Waals surface area contributed by atoms with E-state index >= 15 is 0 Å². The fourth-order valence-corrected chi connectivity index (χ4v) is 0.871. The second-order valence-corrected chi connectivity index (χ2v) is 2.88. The molecule has 0 aromatic carbocycles. The average Bonchev–Trinajstić information content (AvgIpc) is 2.22. The number of aliphatic hydroxyl groups is 1. The number of carbonyl (C=O) groups excluding carboxylic acids is 1. The summed E-state index contributed by atoms with van der Waals surface area (Å²) < 4.78 is 0. The highest BCUT2D eigenvalue weighted by molar-refractivity contribution is 5.87. The van der Waals surface area contributed by atoms with Gasteiger partial charge in [-0.3, -0.25) is 10.1 Å². The molecule has 1 heterocycles. The van der Waals surface area contributed by atoms with Gasteiger partial charge in [0.05, 0.1) is 6.61 Å². The molecule has 0 radical (unpaired) electrons. The van der Waals surface area contributed by atoms with Gasteiger partial charge in [-0.2, -0.15) is 5.10 Å². The van der Waals surface area contributed by atoms with Gasteiger partial charge < -0.3 is 10.0 Å². The predicted molar refractivity (Wildman–Crippen MR) is 53.6 cm³/mol. The highest BCUT2D eigenvalue weighted by Crippen LogP contribution is 1.97. The summed E-state index contributed by atoms with van der Waals surface area (Å²) in [5.74, 6) is 0.254. The first kappa shape index (κ1) is 11.2. The summed E-state index contributed by atoms with van der Waals surface area (Å²) in [5.41, 5.74) is -0.336. The fourth-order valence-electron chi connectivity index (χ4n) is 0.871. The highest BCUT2D eigenvalue weighted by Gasteiger charge is 2.07. The van der Waals surface area contributed by atoms with Gasteiger partial charge in [0.2, 0.25) is 0 Å². The van der Waals surface area contributed by atoms with Crippen molar-refractivity contribution in [3.8, 4) is 0 Å². The number of H-pyrrole nitrogens is 1. The molecule has 7 nitrogen and oxygen atoms in total. The third-order valence-corrected chi connectivity index (χ3v) is 1.70. The monoisotopic (exact) mass is 212 g/mol. The lowest BCUT2D eigenvalue weighted by atomic mass is 10.5. The fraction of sp³-hybridized carbons (Fsp3) is 0.375. The van der Waals surface area contributed by atoms with Crippen LogP contribution in [-0.4, -0.2) is 46.4 Å². The van der Waals surface area contributed by atoms with Crippen LogP contribution in [0.15, 0.2) is 16.9 Å². The van der Waals surface area contributed by atoms with E-state index < -0.39 is 6.03 Å². The molecule has 1 aromatic rings. The number of urea groups is 1. The van der Waals surface area contributed by atoms with Crippen molar-refractivity contribution in [3.05, 3.63) is 22.5 Å². The Morgan fingerprint density at radius 3 is 2.93 bits per heavy atom. The Bertz CT molecular complexity index is 369. The van der Waals surface area contributed by atoms with Crippen molar-refractivity contribution in [2.24, 2.45) is 0 Å². The van der Waals surface area contributed by atoms with E-state index in [4.69, 9.17) is 5.11 Å². The van der Waals surface area contributed by atoms with Crippen LogP contribution in [0.1, 0.15) is 0 Å². The zero-order valence-corrected chi connectivity index (χ0v) is 8.23. The van der Waals surface area contributed by atoms with Gasteiger partial charge >= 0.3 is 6.03 Å². The molecule has 1 aromatic heterocycles. The van der Waals surface area contributed by atoms with E-state index in [0.717, 1.165) is 0 Å². The molecule has 0 aliphatic rings. The van der Waals surface area contributed by atoms with Gasteiger partial charge in [-0.05, 0) is 6.07 Å². The summed E-state index contributed by atoms with van der Waals surface area (Å²) in [6.07, 6.45) is 0. The summed E-state index contributed by atoms with van der Waals surface area (Å²) in [4.78, 5) is 23.3. The number of amides is 2. The Morgan fingerprint density at radius 1 is 1.67 bits per heavy atom. The molecule has 0 fully saturated rings. The molecule has 0 saturated heterocycles. The summed E-state index contributed by atoms with van der Waals surface area (Å²) in [6, 6.07) is 2.25. The van der Waals surface area contributed by atoms with Crippen LogP contribution >= 0.6 is 0 Å². The van der Waals surface area contributed by atoms with Gasteiger partial charge in [-0.15, -0.1) is 0 Å². The number of nitrogens with zero attached hydrogens (tertiary/aromatic N) is 2. The standard InChI is InChI=1S/C8H12N4O3/c1-12(4-5-13)8(15)9-6-2-3-7(14)11-10-6/h2-3,13H,4-5H2,1H3,(H,11,14)(H,9,10,15). The molecule has 0 aliphatic heterocycles. The Labute approximate surface area is 85.7 Å². The zero-order chi connectivity index (χ0) is 11.3. The lowest BCUT2D eigenvalue weighted by Crippen LogP contribution is -2.33. The maximum Gasteiger partial charge on any atom is 0.322 e. The van der Waals surface area contributed by atoms with Crippen LogP contribution in [0.25, 0.3) is 0 Å². The lowest BCUT2D eigenvalue weighted by Gasteiger charge is -2.15. The molecule has 15 heavy (non-hydrogen) atoms. The van der Waals surface area contributed by atoms with E-state index in [1.54, 1.807) is 0 Å². The molecule has 0 aliphatic carbocycles. The molecular formula is C8H12N4O3. The van der Waals surface area contributed by atoms with Crippen LogP contribution in [0.4, 0.5) is 10.6 Å². The molecule has 0 unspecified atom stereocenters. The molecule has 0 spiro atoms. The second kappa shape index (κ2) is 5.11. The van der Waals surface area contributed by atoms with Crippen molar-refractivity contribution < 1.29 is 9.90 Å². The number of likely N-dealkylation sites (N-methyl/N-ethyl adjacent to an activating group) is 1. The second-order valence-electron chi connectivity index (χ2n) is 2.88. The number of nitrogens with one attached hydrogen (secondary N) is 2. The van der Waals surface area contributed by atoms with Crippen LogP contribution < -0.4 is 10.9 Å². The van der Waals surface area contributed by atoms with E-state index in [0.29, 0.717) is 0 Å².